The SMILES string of the molecule is CCOC(=O)c1c(NC(=O)c2nn3c(C(F)(F)F)cc(-c4ccccc4)nc3c2Br)sc2c1CC[C@@H](C(C)(C)C)C2. The van der Waals surface area contributed by atoms with Gasteiger partial charge in [-0.3, -0.25) is 4.79 Å². The first-order chi connectivity index (χ1) is 19.3. The van der Waals surface area contributed by atoms with Crippen molar-refractivity contribution < 1.29 is 27.5 Å². The van der Waals surface area contributed by atoms with Crippen LogP contribution >= 0.6 is 27.3 Å². The number of hydrogen-bond acceptors (Lipinski definition) is 6. The number of thiophene rings is 1. The lowest BCUT2D eigenvalue weighted by atomic mass is 9.72. The van der Waals surface area contributed by atoms with E-state index in [0.29, 0.717) is 33.0 Å². The molecule has 0 aliphatic heterocycles. The molecule has 12 heteroatoms. The highest BCUT2D eigenvalue weighted by atomic mass is 79.9. The summed E-state index contributed by atoms with van der Waals surface area (Å²) in [7, 11) is 0. The molecule has 4 aromatic rings. The van der Waals surface area contributed by atoms with Crippen molar-refractivity contribution in [3.05, 3.63) is 68.3 Å². The lowest BCUT2D eigenvalue weighted by molar-refractivity contribution is -0.142. The van der Waals surface area contributed by atoms with Gasteiger partial charge in [-0.2, -0.15) is 18.3 Å². The zero-order valence-corrected chi connectivity index (χ0v) is 25.3. The number of aromatic nitrogens is 3. The van der Waals surface area contributed by atoms with Crippen LogP contribution in [0.15, 0.2) is 40.9 Å². The molecule has 3 heterocycles. The Morgan fingerprint density at radius 3 is 2.54 bits per heavy atom. The predicted octanol–water partition coefficient (Wildman–Crippen LogP) is 7.82. The Balaban J connectivity index is 1.57. The number of carbonyl (C=O) groups excluding carboxylic acids is 2. The summed E-state index contributed by atoms with van der Waals surface area (Å²) in [6.45, 7) is 8.40. The van der Waals surface area contributed by atoms with Crippen LogP contribution in [-0.2, 0) is 23.8 Å². The topological polar surface area (TPSA) is 85.6 Å². The van der Waals surface area contributed by atoms with Crippen LogP contribution in [0.1, 0.15) is 71.1 Å². The summed E-state index contributed by atoms with van der Waals surface area (Å²) in [5.74, 6) is -0.920. The Bertz CT molecular complexity index is 1640. The number of nitrogens with zero attached hydrogens (tertiary/aromatic N) is 3. The van der Waals surface area contributed by atoms with Crippen molar-refractivity contribution in [3.8, 4) is 11.3 Å². The summed E-state index contributed by atoms with van der Waals surface area (Å²) >= 11 is 4.57. The smallest absolute Gasteiger partial charge is 0.433 e. The predicted molar refractivity (Wildman–Crippen MR) is 154 cm³/mol. The maximum atomic E-state index is 14.1. The van der Waals surface area contributed by atoms with Gasteiger partial charge < -0.3 is 10.1 Å². The third-order valence-electron chi connectivity index (χ3n) is 7.30. The van der Waals surface area contributed by atoms with Crippen molar-refractivity contribution in [2.24, 2.45) is 11.3 Å². The van der Waals surface area contributed by atoms with Crippen LogP contribution < -0.4 is 5.32 Å². The summed E-state index contributed by atoms with van der Waals surface area (Å²) in [6.07, 6.45) is -2.46. The van der Waals surface area contributed by atoms with E-state index in [1.54, 1.807) is 37.3 Å². The van der Waals surface area contributed by atoms with E-state index in [-0.39, 0.29) is 33.5 Å². The van der Waals surface area contributed by atoms with Crippen LogP contribution in [0.2, 0.25) is 0 Å². The molecule has 0 spiro atoms. The van der Waals surface area contributed by atoms with E-state index in [2.05, 4.69) is 52.1 Å². The second-order valence-corrected chi connectivity index (χ2v) is 12.9. The van der Waals surface area contributed by atoms with Crippen molar-refractivity contribution >= 4 is 49.8 Å². The number of hydrogen-bond donors (Lipinski definition) is 1. The molecular weight excluding hydrogens is 621 g/mol. The average molecular weight is 650 g/mol. The molecule has 1 aliphatic carbocycles. The highest BCUT2D eigenvalue weighted by Gasteiger charge is 2.38. The van der Waals surface area contributed by atoms with Crippen molar-refractivity contribution in [1.82, 2.24) is 14.6 Å². The Hall–Kier alpha value is -3.25. The minimum atomic E-state index is -4.77. The third-order valence-corrected chi connectivity index (χ3v) is 9.20. The Morgan fingerprint density at radius 1 is 1.20 bits per heavy atom. The fourth-order valence-corrected chi connectivity index (χ4v) is 6.92. The molecule has 7 nitrogen and oxygen atoms in total. The lowest BCUT2D eigenvalue weighted by Gasteiger charge is -2.33. The summed E-state index contributed by atoms with van der Waals surface area (Å²) in [5, 5.41) is 7.05. The fraction of sp³-hybridized carbons (Fsp3) is 0.379. The Labute approximate surface area is 247 Å². The van der Waals surface area contributed by atoms with Crippen molar-refractivity contribution in [2.45, 2.75) is 53.1 Å². The quantitative estimate of drug-likeness (QED) is 0.223. The minimum absolute atomic E-state index is 0.00471. The Kier molecular flexibility index (Phi) is 7.75. The summed E-state index contributed by atoms with van der Waals surface area (Å²) in [4.78, 5) is 31.9. The van der Waals surface area contributed by atoms with Crippen molar-refractivity contribution in [2.75, 3.05) is 11.9 Å². The number of fused-ring (bicyclic) bond motifs is 2. The van der Waals surface area contributed by atoms with E-state index in [4.69, 9.17) is 4.74 Å². The molecule has 1 N–H and O–H groups in total. The molecule has 0 saturated carbocycles. The van der Waals surface area contributed by atoms with Crippen LogP contribution in [0.25, 0.3) is 16.9 Å². The van der Waals surface area contributed by atoms with Gasteiger partial charge in [-0.15, -0.1) is 11.3 Å². The molecule has 1 aromatic carbocycles. The number of halogens is 4. The van der Waals surface area contributed by atoms with Gasteiger partial charge in [0.1, 0.15) is 5.00 Å². The van der Waals surface area contributed by atoms with E-state index in [1.165, 1.54) is 11.3 Å². The first-order valence-corrected chi connectivity index (χ1v) is 14.8. The number of anilines is 1. The molecule has 0 fully saturated rings. The van der Waals surface area contributed by atoms with Gasteiger partial charge in [0.05, 0.1) is 22.3 Å². The van der Waals surface area contributed by atoms with Gasteiger partial charge in [-0.25, -0.2) is 14.3 Å². The van der Waals surface area contributed by atoms with Crippen LogP contribution in [0, 0.1) is 11.3 Å². The molecule has 0 bridgehead atoms. The van der Waals surface area contributed by atoms with Gasteiger partial charge in [0.2, 0.25) is 0 Å². The van der Waals surface area contributed by atoms with E-state index in [1.807, 2.05) is 0 Å². The molecule has 216 valence electrons. The van der Waals surface area contributed by atoms with Crippen molar-refractivity contribution in [3.63, 3.8) is 0 Å². The van der Waals surface area contributed by atoms with Crippen LogP contribution in [-0.4, -0.2) is 33.1 Å². The van der Waals surface area contributed by atoms with Gasteiger partial charge in [-0.05, 0) is 65.1 Å². The first kappa shape index (κ1) is 29.2. The van der Waals surface area contributed by atoms with E-state index < -0.39 is 23.7 Å². The molecule has 41 heavy (non-hydrogen) atoms. The fourth-order valence-electron chi connectivity index (χ4n) is 5.09. The third kappa shape index (κ3) is 5.63. The number of esters is 1. The standard InChI is InChI=1S/C29H28BrF3N4O3S/c1-5-40-27(39)21-17-12-11-16(28(2,3)4)13-19(17)41-26(21)35-25(38)23-22(30)24-34-18(15-9-7-6-8-10-15)14-20(29(31,32)33)37(24)36-23/h6-10,14,16H,5,11-13H2,1-4H3,(H,35,38)/t16-/m1/s1. The molecule has 0 saturated heterocycles. The molecule has 3 aromatic heterocycles. The number of alkyl halides is 3. The average Bonchev–Trinajstić information content (AvgIpc) is 3.44. The van der Waals surface area contributed by atoms with E-state index in [9.17, 15) is 22.8 Å². The Morgan fingerprint density at radius 2 is 1.90 bits per heavy atom. The van der Waals surface area contributed by atoms with Gasteiger partial charge in [-0.1, -0.05) is 51.1 Å². The lowest BCUT2D eigenvalue weighted by Crippen LogP contribution is -2.26. The number of amides is 1. The number of rotatable bonds is 5. The molecular formula is C29H28BrF3N4O3S. The van der Waals surface area contributed by atoms with Crippen LogP contribution in [0.5, 0.6) is 0 Å². The number of nitrogens with one attached hydrogen (secondary N) is 1. The molecule has 0 radical (unpaired) electrons. The molecule has 0 unspecified atom stereocenters. The zero-order chi connectivity index (χ0) is 29.7. The second kappa shape index (κ2) is 10.9. The van der Waals surface area contributed by atoms with Gasteiger partial charge in [0.15, 0.2) is 17.0 Å². The monoisotopic (exact) mass is 648 g/mol. The molecule has 1 amide bonds. The zero-order valence-electron chi connectivity index (χ0n) is 22.9. The number of carbonyl (C=O) groups is 2. The number of ether oxygens (including phenoxy) is 1. The van der Waals surface area contributed by atoms with Gasteiger partial charge in [0, 0.05) is 10.4 Å². The largest absolute Gasteiger partial charge is 0.462 e. The molecule has 5 rings (SSSR count). The van der Waals surface area contributed by atoms with Crippen LogP contribution in [0.4, 0.5) is 18.2 Å². The van der Waals surface area contributed by atoms with E-state index >= 15 is 0 Å². The second-order valence-electron chi connectivity index (χ2n) is 11.0. The van der Waals surface area contributed by atoms with E-state index in [0.717, 1.165) is 29.3 Å². The molecule has 1 atom stereocenters. The minimum Gasteiger partial charge on any atom is -0.462 e. The molecule has 1 aliphatic rings. The first-order valence-electron chi connectivity index (χ1n) is 13.1. The summed E-state index contributed by atoms with van der Waals surface area (Å²) in [6, 6.07) is 9.35. The number of benzene rings is 1. The van der Waals surface area contributed by atoms with Crippen LogP contribution in [0.3, 0.4) is 0 Å². The summed E-state index contributed by atoms with van der Waals surface area (Å²) in [5.41, 5.74) is 0.263. The van der Waals surface area contributed by atoms with Gasteiger partial charge in [0.25, 0.3) is 5.91 Å². The highest BCUT2D eigenvalue weighted by molar-refractivity contribution is 9.10. The highest BCUT2D eigenvalue weighted by Crippen LogP contribution is 2.45. The maximum Gasteiger partial charge on any atom is 0.433 e. The van der Waals surface area contributed by atoms with Gasteiger partial charge >= 0.3 is 12.1 Å². The normalized spacial score (nSPS) is 15.6. The van der Waals surface area contributed by atoms with Crippen molar-refractivity contribution in [1.29, 1.82) is 0 Å². The maximum absolute atomic E-state index is 14.1. The summed E-state index contributed by atoms with van der Waals surface area (Å²) < 4.78 is 48.3.